The number of unbranched alkanes of at least 4 members (excludes halogenated alkanes) is 11. The molecule has 0 fully saturated rings. The summed E-state index contributed by atoms with van der Waals surface area (Å²) in [6, 6.07) is 3.77. The summed E-state index contributed by atoms with van der Waals surface area (Å²) < 4.78 is 53.4. The van der Waals surface area contributed by atoms with Gasteiger partial charge in [-0.2, -0.15) is 0 Å². The molecule has 6 atom stereocenters. The Balaban J connectivity index is -0.000000441. The zero-order chi connectivity index (χ0) is 49.4. The summed E-state index contributed by atoms with van der Waals surface area (Å²) in [5, 5.41) is 38.9. The highest BCUT2D eigenvalue weighted by Gasteiger charge is 2.53. The Labute approximate surface area is 476 Å². The third-order valence-corrected chi connectivity index (χ3v) is 51.2. The highest BCUT2D eigenvalue weighted by Crippen LogP contribution is 2.38. The maximum Gasteiger partial charge on any atom is 0.317 e. The summed E-state index contributed by atoms with van der Waals surface area (Å²) in [5.41, 5.74) is 0. The van der Waals surface area contributed by atoms with Gasteiger partial charge in [0, 0.05) is 6.61 Å². The second-order valence-corrected chi connectivity index (χ2v) is 63.2. The molecule has 0 aromatic carbocycles. The molecule has 0 saturated heterocycles. The van der Waals surface area contributed by atoms with Crippen LogP contribution in [0.15, 0.2) is 0 Å². The standard InChI is InChI=1S/C44H106O12Si8.10CH4/c1-18-19-20-21-22-23-24-25-26-27-28-29-32-62(15,54-61(13,14)53-58(5,6)7)55-63(16,35-34-60(11,12)52-57(2,3)4)56-64(17,59(8,9)10)33-30-31-49-38-43(47)39-51-41-44(48)40-50-37-42(46)36-45;;;;;;;;;;/h42-48H,18-41H2,1-17H3;10*1H4. The molecule has 0 aliphatic carbocycles. The fraction of sp³-hybridized carbons (Fsp3) is 1.00. The van der Waals surface area contributed by atoms with Gasteiger partial charge in [0.15, 0.2) is 32.8 Å². The molecule has 466 valence electrons. The maximum absolute atomic E-state index is 10.5. The topological polar surface area (TPSA) is 155 Å². The Hall–Kier alpha value is 1.26. The third-order valence-electron chi connectivity index (χ3n) is 11.4. The molecule has 6 unspecified atom stereocenters. The molecular weight excluding hydrogens is 1070 g/mol. The second-order valence-electron chi connectivity index (χ2n) is 23.2. The van der Waals surface area contributed by atoms with E-state index < -0.39 is 91.0 Å². The predicted octanol–water partition coefficient (Wildman–Crippen LogP) is 17.4. The van der Waals surface area contributed by atoms with Crippen LogP contribution in [0.3, 0.4) is 0 Å². The lowest BCUT2D eigenvalue weighted by molar-refractivity contribution is -0.0674. The van der Waals surface area contributed by atoms with Gasteiger partial charge < -0.3 is 55.2 Å². The second kappa shape index (κ2) is 48.9. The zero-order valence-electron chi connectivity index (χ0n) is 44.8. The van der Waals surface area contributed by atoms with Crippen molar-refractivity contribution in [1.29, 1.82) is 0 Å². The van der Waals surface area contributed by atoms with Crippen LogP contribution in [0, 0.1) is 0 Å². The van der Waals surface area contributed by atoms with Gasteiger partial charge in [0.2, 0.25) is 0 Å². The zero-order valence-corrected chi connectivity index (χ0v) is 52.8. The summed E-state index contributed by atoms with van der Waals surface area (Å²) in [6.07, 6.45) is 13.9. The van der Waals surface area contributed by atoms with Gasteiger partial charge in [-0.25, -0.2) is 0 Å². The van der Waals surface area contributed by atoms with Crippen molar-refractivity contribution in [3.05, 3.63) is 0 Å². The van der Waals surface area contributed by atoms with Crippen molar-refractivity contribution in [3.8, 4) is 0 Å². The summed E-state index contributed by atoms with van der Waals surface area (Å²) in [4.78, 5) is 0. The van der Waals surface area contributed by atoms with Crippen LogP contribution in [0.2, 0.25) is 129 Å². The van der Waals surface area contributed by atoms with Crippen LogP contribution in [0.4, 0.5) is 0 Å². The Kier molecular flexibility index (Phi) is 66.4. The first-order valence-corrected chi connectivity index (χ1v) is 50.1. The van der Waals surface area contributed by atoms with Crippen LogP contribution in [-0.2, 0) is 34.8 Å². The van der Waals surface area contributed by atoms with Gasteiger partial charge in [-0.1, -0.05) is 178 Å². The third kappa shape index (κ3) is 52.6. The van der Waals surface area contributed by atoms with Crippen LogP contribution in [0.1, 0.15) is 165 Å². The van der Waals surface area contributed by atoms with E-state index in [1.165, 1.54) is 70.6 Å². The Morgan fingerprint density at radius 3 is 1.09 bits per heavy atom. The molecule has 0 rings (SSSR count). The molecular formula is C54H146O12Si8. The van der Waals surface area contributed by atoms with Crippen LogP contribution in [0.25, 0.3) is 0 Å². The number of rotatable bonds is 42. The number of ether oxygens (including phenoxy) is 3. The molecule has 0 aliphatic rings. The monoisotopic (exact) mass is 1210 g/mol. The number of hydrogen-bond acceptors (Lipinski definition) is 12. The van der Waals surface area contributed by atoms with Crippen molar-refractivity contribution < 1.29 is 55.2 Å². The number of aliphatic hydroxyl groups excluding tert-OH is 4. The summed E-state index contributed by atoms with van der Waals surface area (Å²) in [7, 11) is -18.0. The van der Waals surface area contributed by atoms with Crippen molar-refractivity contribution in [1.82, 2.24) is 0 Å². The van der Waals surface area contributed by atoms with Gasteiger partial charge in [-0.15, -0.1) is 0 Å². The highest BCUT2D eigenvalue weighted by atomic mass is 29.3. The first kappa shape index (κ1) is 101. The van der Waals surface area contributed by atoms with E-state index in [0.29, 0.717) is 6.61 Å². The quantitative estimate of drug-likeness (QED) is 0.0340. The fourth-order valence-corrected chi connectivity index (χ4v) is 51.9. The molecule has 0 radical (unpaired) electrons. The van der Waals surface area contributed by atoms with Crippen LogP contribution >= 0.6 is 0 Å². The molecule has 0 bridgehead atoms. The Bertz CT molecular complexity index is 1200. The Morgan fingerprint density at radius 2 is 0.716 bits per heavy atom. The molecule has 20 heteroatoms. The van der Waals surface area contributed by atoms with Crippen molar-refractivity contribution in [2.45, 2.75) is 312 Å². The van der Waals surface area contributed by atoms with Crippen LogP contribution in [0.5, 0.6) is 0 Å². The van der Waals surface area contributed by atoms with Gasteiger partial charge in [0.25, 0.3) is 0 Å². The SMILES string of the molecule is C.C.C.C.C.C.C.C.C.C.CCCCCCCCCCCCCC[Si](C)(O[Si](C)(C)O[Si](C)(C)C)O[Si](C)(CC[Si](C)(C)O[Si](C)(C)C)O[Si](C)(CCCOCC(O)COCC(O)COCC(O)CO)[Si](C)(C)C. The van der Waals surface area contributed by atoms with E-state index in [2.05, 4.69) is 112 Å². The van der Waals surface area contributed by atoms with E-state index in [-0.39, 0.29) is 107 Å². The fourth-order valence-electron chi connectivity index (χ4n) is 8.29. The Morgan fingerprint density at radius 1 is 0.351 bits per heavy atom. The molecule has 74 heavy (non-hydrogen) atoms. The first-order chi connectivity index (χ1) is 29.3. The van der Waals surface area contributed by atoms with Gasteiger partial charge in [-0.3, -0.25) is 0 Å². The summed E-state index contributed by atoms with van der Waals surface area (Å²) >= 11 is 0. The minimum atomic E-state index is -2.87. The molecule has 0 spiro atoms. The molecule has 0 heterocycles. The molecule has 12 nitrogen and oxygen atoms in total. The van der Waals surface area contributed by atoms with Gasteiger partial charge >= 0.3 is 25.7 Å². The minimum Gasteiger partial charge on any atom is -0.456 e. The van der Waals surface area contributed by atoms with Crippen LogP contribution < -0.4 is 0 Å². The van der Waals surface area contributed by atoms with E-state index in [0.717, 1.165) is 37.0 Å². The van der Waals surface area contributed by atoms with E-state index in [4.69, 9.17) is 39.9 Å². The largest absolute Gasteiger partial charge is 0.456 e. The van der Waals surface area contributed by atoms with E-state index in [1.54, 1.807) is 0 Å². The average molecular weight is 1210 g/mol. The molecule has 0 aromatic rings. The smallest absolute Gasteiger partial charge is 0.317 e. The average Bonchev–Trinajstić information content (AvgIpc) is 3.11. The van der Waals surface area contributed by atoms with Crippen molar-refractivity contribution in [2.75, 3.05) is 46.2 Å². The summed E-state index contributed by atoms with van der Waals surface area (Å²) in [5.74, 6) is 0. The van der Waals surface area contributed by atoms with Gasteiger partial charge in [-0.05, 0) is 116 Å². The van der Waals surface area contributed by atoms with Gasteiger partial charge in [0.1, 0.15) is 18.3 Å². The van der Waals surface area contributed by atoms with Crippen molar-refractivity contribution in [2.24, 2.45) is 0 Å². The van der Waals surface area contributed by atoms with Crippen molar-refractivity contribution in [3.63, 3.8) is 0 Å². The number of hydrogen-bond donors (Lipinski definition) is 4. The lowest BCUT2D eigenvalue weighted by Gasteiger charge is -2.49. The maximum atomic E-state index is 10.5. The molecule has 0 saturated carbocycles. The lowest BCUT2D eigenvalue weighted by atomic mass is 10.1. The lowest BCUT2D eigenvalue weighted by Crippen LogP contribution is -2.66. The van der Waals surface area contributed by atoms with Crippen molar-refractivity contribution >= 4 is 66.1 Å². The summed E-state index contributed by atoms with van der Waals surface area (Å²) in [6.45, 7) is 39.7. The van der Waals surface area contributed by atoms with E-state index in [9.17, 15) is 15.3 Å². The van der Waals surface area contributed by atoms with Crippen LogP contribution in [-0.4, -0.2) is 151 Å². The minimum absolute atomic E-state index is 0. The highest BCUT2D eigenvalue weighted by molar-refractivity contribution is 7.39. The first-order valence-electron chi connectivity index (χ1n) is 25.2. The van der Waals surface area contributed by atoms with E-state index >= 15 is 0 Å². The number of aliphatic hydroxyl groups is 4. The molecule has 0 aliphatic heterocycles. The molecule has 0 amide bonds. The molecule has 4 N–H and O–H groups in total. The predicted molar refractivity (Wildman–Crippen MR) is 355 cm³/mol. The molecule has 0 aromatic heterocycles. The van der Waals surface area contributed by atoms with Gasteiger partial charge in [0.05, 0.1) is 47.2 Å². The van der Waals surface area contributed by atoms with E-state index in [1.807, 2.05) is 0 Å². The normalized spacial score (nSPS) is 15.4.